The number of rotatable bonds is 23. The van der Waals surface area contributed by atoms with Crippen LogP contribution in [0, 0.1) is 17.8 Å². The van der Waals surface area contributed by atoms with Gasteiger partial charge < -0.3 is 42.2 Å². The molecule has 18 heteroatoms. The van der Waals surface area contributed by atoms with Gasteiger partial charge in [0.25, 0.3) is 0 Å². The summed E-state index contributed by atoms with van der Waals surface area (Å²) in [6.07, 6.45) is 3.89. The van der Waals surface area contributed by atoms with Gasteiger partial charge in [0, 0.05) is 49.1 Å². The molecule has 2 heterocycles. The molecule has 2 aliphatic rings. The number of carbonyl (C=O) groups excluding carboxylic acids is 5. The minimum absolute atomic E-state index is 0.0348. The van der Waals surface area contributed by atoms with Gasteiger partial charge in [-0.25, -0.2) is 23.0 Å². The Bertz CT molecular complexity index is 3150. The smallest absolute Gasteiger partial charge is 0.407 e. The van der Waals surface area contributed by atoms with E-state index in [0.717, 1.165) is 75.5 Å². The predicted molar refractivity (Wildman–Crippen MR) is 292 cm³/mol. The molecule has 0 bridgehead atoms. The highest BCUT2D eigenvalue weighted by Crippen LogP contribution is 2.44. The van der Waals surface area contributed by atoms with Crippen LogP contribution >= 0.6 is 0 Å². The van der Waals surface area contributed by atoms with Gasteiger partial charge in [-0.05, 0) is 113 Å². The third kappa shape index (κ3) is 13.2. The van der Waals surface area contributed by atoms with Crippen LogP contribution in [0.2, 0.25) is 0 Å². The van der Waals surface area contributed by atoms with E-state index in [-0.39, 0.29) is 69.0 Å². The minimum atomic E-state index is -3.80. The van der Waals surface area contributed by atoms with Crippen LogP contribution < -0.4 is 32.7 Å². The Labute approximate surface area is 443 Å². The summed E-state index contributed by atoms with van der Waals surface area (Å²) >= 11 is 0. The number of hydrogen-bond donors (Lipinski definition) is 6. The molecule has 0 spiro atoms. The molecule has 76 heavy (non-hydrogen) atoms. The standard InChI is InChI=1S/C58H66N8O9S/c1-4-5-6-13-42-28-41-24-23-40(30-51(41)64-53(42)59)39-14-11-15-44(29-39)76(72,73)66-32-38(33-66)31-62-58(71)75-34-37-21-25-43(26-22-37)63-54(67)50(20-12-27-61-57(60)70)65-55(68)52(36(2)3)56(69)74-35-49-47-18-9-7-16-45(47)46-17-8-10-19-48(46)49/h7-11,14-19,21-26,28-30,36,38,49-50,52H,4-6,12-13,20,27,31-35H2,1-3H3,(H2,59,64)(H,62,71)(H,63,67)(H,65,68)(H3,60,61,70). The van der Waals surface area contributed by atoms with Crippen molar-refractivity contribution in [3.8, 4) is 22.3 Å². The number of nitrogens with one attached hydrogen (secondary N) is 4. The number of benzene rings is 5. The number of aromatic nitrogens is 1. The summed E-state index contributed by atoms with van der Waals surface area (Å²) in [6.45, 7) is 6.40. The van der Waals surface area contributed by atoms with E-state index in [1.807, 2.05) is 72.8 Å². The average Bonchev–Trinajstić information content (AvgIpc) is 3.74. The topological polar surface area (TPSA) is 254 Å². The quantitative estimate of drug-likeness (QED) is 0.0202. The number of hydrogen-bond acceptors (Lipinski definition) is 11. The number of unbranched alkanes of at least 4 members (excludes halogenated alkanes) is 2. The molecular formula is C58H66N8O9S. The monoisotopic (exact) mass is 1050 g/mol. The number of sulfonamides is 1. The number of alkyl carbamates (subject to hydrolysis) is 1. The molecule has 1 fully saturated rings. The van der Waals surface area contributed by atoms with E-state index in [1.54, 1.807) is 56.3 Å². The Hall–Kier alpha value is -7.83. The third-order valence-corrected chi connectivity index (χ3v) is 15.8. The fraction of sp³-hybridized carbons (Fsp3) is 0.345. The number of fused-ring (bicyclic) bond motifs is 4. The van der Waals surface area contributed by atoms with Crippen LogP contribution in [0.15, 0.2) is 126 Å². The second kappa shape index (κ2) is 24.7. The Morgan fingerprint density at radius 1 is 0.776 bits per heavy atom. The van der Waals surface area contributed by atoms with Crippen LogP contribution in [-0.2, 0) is 46.9 Å². The first kappa shape index (κ1) is 54.4. The van der Waals surface area contributed by atoms with E-state index in [0.29, 0.717) is 17.1 Å². The molecule has 5 aromatic carbocycles. The molecule has 17 nitrogen and oxygen atoms in total. The first-order chi connectivity index (χ1) is 36.6. The zero-order valence-corrected chi connectivity index (χ0v) is 43.9. The van der Waals surface area contributed by atoms with Gasteiger partial charge in [0.1, 0.15) is 31.0 Å². The molecule has 1 aliphatic carbocycles. The maximum absolute atomic E-state index is 13.9. The van der Waals surface area contributed by atoms with Crippen molar-refractivity contribution in [1.29, 1.82) is 0 Å². The van der Waals surface area contributed by atoms with E-state index in [2.05, 4.69) is 39.2 Å². The molecule has 0 saturated carbocycles. The fourth-order valence-corrected chi connectivity index (χ4v) is 11.4. The largest absolute Gasteiger partial charge is 0.464 e. The van der Waals surface area contributed by atoms with Gasteiger partial charge in [-0.15, -0.1) is 0 Å². The summed E-state index contributed by atoms with van der Waals surface area (Å²) in [5, 5.41) is 11.8. The lowest BCUT2D eigenvalue weighted by Gasteiger charge is -2.38. The molecule has 2 unspecified atom stereocenters. The van der Waals surface area contributed by atoms with Gasteiger partial charge >= 0.3 is 18.1 Å². The number of nitrogen functional groups attached to an aromatic ring is 1. The van der Waals surface area contributed by atoms with E-state index in [4.69, 9.17) is 20.9 Å². The summed E-state index contributed by atoms with van der Waals surface area (Å²) in [4.78, 5) is 70.2. The SMILES string of the molecule is CCCCCc1cc2ccc(-c3cccc(S(=O)(=O)N4CC(CNC(=O)OCc5ccc(NC(=O)C(CCCNC(N)=O)NC(=O)C(C(=O)OCC6c7ccccc7-c7ccccc76)C(C)C)cc5)C4)c3)cc2nc1N. The second-order valence-electron chi connectivity index (χ2n) is 19.8. The maximum Gasteiger partial charge on any atom is 0.407 e. The number of aryl methyl sites for hydroxylation is 1. The Balaban J connectivity index is 0.795. The lowest BCUT2D eigenvalue weighted by molar-refractivity contribution is -0.155. The highest BCUT2D eigenvalue weighted by molar-refractivity contribution is 7.89. The highest BCUT2D eigenvalue weighted by atomic mass is 32.2. The number of amides is 5. The molecule has 1 aromatic heterocycles. The number of urea groups is 1. The number of carbonyl (C=O) groups is 5. The lowest BCUT2D eigenvalue weighted by atomic mass is 9.94. The van der Waals surface area contributed by atoms with Gasteiger partial charge in [0.2, 0.25) is 21.8 Å². The summed E-state index contributed by atoms with van der Waals surface area (Å²) in [7, 11) is -3.80. The number of esters is 1. The fourth-order valence-electron chi connectivity index (χ4n) is 9.77. The van der Waals surface area contributed by atoms with Crippen molar-refractivity contribution in [1.82, 2.24) is 25.2 Å². The normalized spacial score (nSPS) is 14.2. The van der Waals surface area contributed by atoms with Crippen molar-refractivity contribution < 1.29 is 41.9 Å². The van der Waals surface area contributed by atoms with Crippen LogP contribution in [0.25, 0.3) is 33.2 Å². The number of primary amides is 1. The molecule has 2 atom stereocenters. The maximum atomic E-state index is 13.9. The number of anilines is 2. The summed E-state index contributed by atoms with van der Waals surface area (Å²) < 4.78 is 40.0. The van der Waals surface area contributed by atoms with Crippen LogP contribution in [0.3, 0.4) is 0 Å². The molecule has 0 radical (unpaired) electrons. The Morgan fingerprint density at radius 3 is 2.16 bits per heavy atom. The number of ether oxygens (including phenoxy) is 2. The van der Waals surface area contributed by atoms with E-state index in [1.165, 1.54) is 4.31 Å². The van der Waals surface area contributed by atoms with Crippen molar-refractivity contribution in [2.75, 3.05) is 43.8 Å². The molecular weight excluding hydrogens is 985 g/mol. The van der Waals surface area contributed by atoms with Gasteiger partial charge in [-0.1, -0.05) is 119 Å². The number of nitrogens with zero attached hydrogens (tertiary/aromatic N) is 2. The minimum Gasteiger partial charge on any atom is -0.464 e. The van der Waals surface area contributed by atoms with E-state index in [9.17, 15) is 32.4 Å². The van der Waals surface area contributed by atoms with Crippen LogP contribution in [0.4, 0.5) is 21.1 Å². The average molecular weight is 1050 g/mol. The first-order valence-corrected chi connectivity index (χ1v) is 27.3. The summed E-state index contributed by atoms with van der Waals surface area (Å²) in [5.74, 6) is -3.42. The molecule has 5 amide bonds. The van der Waals surface area contributed by atoms with Crippen LogP contribution in [-0.4, -0.2) is 86.4 Å². The highest BCUT2D eigenvalue weighted by Gasteiger charge is 2.38. The molecule has 8 rings (SSSR count). The molecule has 6 aromatic rings. The molecule has 8 N–H and O–H groups in total. The molecule has 1 aliphatic heterocycles. The van der Waals surface area contributed by atoms with E-state index < -0.39 is 57.8 Å². The lowest BCUT2D eigenvalue weighted by Crippen LogP contribution is -2.53. The van der Waals surface area contributed by atoms with Crippen molar-refractivity contribution >= 4 is 62.3 Å². The third-order valence-electron chi connectivity index (χ3n) is 14.0. The molecule has 398 valence electrons. The number of nitrogens with two attached hydrogens (primary N) is 2. The molecule has 1 saturated heterocycles. The summed E-state index contributed by atoms with van der Waals surface area (Å²) in [5.41, 5.74) is 20.1. The van der Waals surface area contributed by atoms with Crippen LogP contribution in [0.1, 0.15) is 81.0 Å². The van der Waals surface area contributed by atoms with Crippen molar-refractivity contribution in [3.05, 3.63) is 144 Å². The van der Waals surface area contributed by atoms with Gasteiger partial charge in [0.15, 0.2) is 0 Å². The van der Waals surface area contributed by atoms with Crippen molar-refractivity contribution in [2.45, 2.75) is 82.8 Å². The van der Waals surface area contributed by atoms with Crippen molar-refractivity contribution in [2.24, 2.45) is 23.5 Å². The van der Waals surface area contributed by atoms with Crippen LogP contribution in [0.5, 0.6) is 0 Å². The Morgan fingerprint density at radius 2 is 1.47 bits per heavy atom. The second-order valence-corrected chi connectivity index (χ2v) is 21.8. The summed E-state index contributed by atoms with van der Waals surface area (Å²) in [6, 6.07) is 35.4. The zero-order valence-electron chi connectivity index (χ0n) is 43.1. The first-order valence-electron chi connectivity index (χ1n) is 25.9. The predicted octanol–water partition coefficient (Wildman–Crippen LogP) is 8.26. The van der Waals surface area contributed by atoms with Crippen molar-refractivity contribution in [3.63, 3.8) is 0 Å². The van der Waals surface area contributed by atoms with Gasteiger partial charge in [0.05, 0.1) is 10.4 Å². The zero-order chi connectivity index (χ0) is 53.9. The van der Waals surface area contributed by atoms with Gasteiger partial charge in [-0.3, -0.25) is 14.4 Å². The van der Waals surface area contributed by atoms with Gasteiger partial charge in [-0.2, -0.15) is 4.31 Å². The Kier molecular flexibility index (Phi) is 17.7. The van der Waals surface area contributed by atoms with E-state index >= 15 is 0 Å². The number of pyridine rings is 1.